The van der Waals surface area contributed by atoms with Crippen LogP contribution in [0.25, 0.3) is 0 Å². The highest BCUT2D eigenvalue weighted by atomic mass is 16.5. The Labute approximate surface area is 119 Å². The van der Waals surface area contributed by atoms with Gasteiger partial charge in [0.1, 0.15) is 18.4 Å². The van der Waals surface area contributed by atoms with Crippen LogP contribution in [0.2, 0.25) is 0 Å². The summed E-state index contributed by atoms with van der Waals surface area (Å²) in [6.07, 6.45) is 0. The Bertz CT molecular complexity index is 420. The van der Waals surface area contributed by atoms with Gasteiger partial charge >= 0.3 is 5.97 Å². The molecule has 0 aliphatic heterocycles. The van der Waals surface area contributed by atoms with Crippen LogP contribution in [-0.4, -0.2) is 36.4 Å². The molecule has 0 spiro atoms. The number of benzene rings is 1. The summed E-state index contributed by atoms with van der Waals surface area (Å²) in [5.74, 6) is 0.248. The van der Waals surface area contributed by atoms with Gasteiger partial charge in [0.05, 0.1) is 13.2 Å². The van der Waals surface area contributed by atoms with Gasteiger partial charge in [0, 0.05) is 11.6 Å². The molecule has 0 saturated carbocycles. The number of aliphatic hydroxyl groups is 1. The third-order valence-corrected chi connectivity index (χ3v) is 2.65. The van der Waals surface area contributed by atoms with E-state index in [1.807, 2.05) is 26.0 Å². The monoisotopic (exact) mass is 281 g/mol. The molecule has 5 heteroatoms. The van der Waals surface area contributed by atoms with Crippen LogP contribution in [0.1, 0.15) is 26.3 Å². The average Bonchev–Trinajstić information content (AvgIpc) is 2.43. The number of hydrogen-bond acceptors (Lipinski definition) is 5. The number of aliphatic hydroxyl groups excluding tert-OH is 1. The van der Waals surface area contributed by atoms with E-state index in [0.29, 0.717) is 17.9 Å². The maximum absolute atomic E-state index is 11.8. The number of carbonyl (C=O) groups excluding carboxylic acids is 1. The first-order valence-corrected chi connectivity index (χ1v) is 6.82. The van der Waals surface area contributed by atoms with Gasteiger partial charge in [-0.25, -0.2) is 0 Å². The lowest BCUT2D eigenvalue weighted by molar-refractivity contribution is -0.146. The van der Waals surface area contributed by atoms with Gasteiger partial charge in [-0.1, -0.05) is 32.0 Å². The summed E-state index contributed by atoms with van der Waals surface area (Å²) >= 11 is 0. The van der Waals surface area contributed by atoms with Crippen molar-refractivity contribution in [1.29, 1.82) is 0 Å². The Balaban J connectivity index is 2.67. The molecule has 1 rings (SSSR count). The third-order valence-electron chi connectivity index (χ3n) is 2.65. The molecule has 1 unspecified atom stereocenters. The van der Waals surface area contributed by atoms with E-state index in [0.717, 1.165) is 0 Å². The largest absolute Gasteiger partial charge is 0.491 e. The molecule has 20 heavy (non-hydrogen) atoms. The number of rotatable bonds is 8. The molecule has 1 aromatic carbocycles. The van der Waals surface area contributed by atoms with E-state index < -0.39 is 6.04 Å². The van der Waals surface area contributed by atoms with E-state index in [9.17, 15) is 9.90 Å². The average molecular weight is 281 g/mol. The second-order valence-corrected chi connectivity index (χ2v) is 4.70. The van der Waals surface area contributed by atoms with E-state index in [1.165, 1.54) is 0 Å². The Hall–Kier alpha value is -1.59. The van der Waals surface area contributed by atoms with Crippen molar-refractivity contribution in [3.8, 4) is 5.75 Å². The van der Waals surface area contributed by atoms with Gasteiger partial charge in [-0.05, 0) is 13.0 Å². The Kier molecular flexibility index (Phi) is 7.04. The summed E-state index contributed by atoms with van der Waals surface area (Å²) in [4.78, 5) is 11.8. The smallest absolute Gasteiger partial charge is 0.326 e. The third kappa shape index (κ3) is 5.19. The summed E-state index contributed by atoms with van der Waals surface area (Å²) in [7, 11) is 0. The molecule has 0 bridgehead atoms. The van der Waals surface area contributed by atoms with Crippen molar-refractivity contribution >= 4 is 5.97 Å². The minimum absolute atomic E-state index is 0.0993. The van der Waals surface area contributed by atoms with Crippen molar-refractivity contribution in [3.63, 3.8) is 0 Å². The van der Waals surface area contributed by atoms with Crippen LogP contribution in [0.5, 0.6) is 5.75 Å². The molecular formula is C15H23NO4. The Morgan fingerprint density at radius 1 is 1.35 bits per heavy atom. The highest BCUT2D eigenvalue weighted by Crippen LogP contribution is 2.17. The Morgan fingerprint density at radius 2 is 2.05 bits per heavy atom. The highest BCUT2D eigenvalue weighted by Gasteiger charge is 2.21. The zero-order chi connectivity index (χ0) is 15.0. The van der Waals surface area contributed by atoms with Crippen molar-refractivity contribution in [2.75, 3.05) is 13.2 Å². The van der Waals surface area contributed by atoms with Gasteiger partial charge < -0.3 is 14.6 Å². The van der Waals surface area contributed by atoms with Crippen LogP contribution in [0, 0.1) is 0 Å². The standard InChI is InChI=1S/C15H23NO4/c1-4-19-15(18)13(16-11(2)3)10-20-14-8-6-5-7-12(14)9-17/h5-8,11,13,16-17H,4,9-10H2,1-3H3. The SMILES string of the molecule is CCOC(=O)C(COc1ccccc1CO)NC(C)C. The molecule has 0 amide bonds. The number of hydrogen-bond donors (Lipinski definition) is 2. The van der Waals surface area contributed by atoms with Gasteiger partial charge in [-0.15, -0.1) is 0 Å². The minimum Gasteiger partial charge on any atom is -0.491 e. The van der Waals surface area contributed by atoms with E-state index in [1.54, 1.807) is 19.1 Å². The summed E-state index contributed by atoms with van der Waals surface area (Å²) in [5.41, 5.74) is 0.694. The normalized spacial score (nSPS) is 12.2. The fourth-order valence-corrected chi connectivity index (χ4v) is 1.78. The van der Waals surface area contributed by atoms with Crippen molar-refractivity contribution in [2.45, 2.75) is 39.5 Å². The summed E-state index contributed by atoms with van der Waals surface area (Å²) < 4.78 is 10.7. The molecule has 0 saturated heterocycles. The first kappa shape index (κ1) is 16.5. The quantitative estimate of drug-likeness (QED) is 0.707. The lowest BCUT2D eigenvalue weighted by atomic mass is 10.2. The predicted molar refractivity (Wildman–Crippen MR) is 76.6 cm³/mol. The summed E-state index contributed by atoms with van der Waals surface area (Å²) in [5, 5.41) is 12.3. The van der Waals surface area contributed by atoms with E-state index >= 15 is 0 Å². The second-order valence-electron chi connectivity index (χ2n) is 4.70. The number of ether oxygens (including phenoxy) is 2. The first-order valence-electron chi connectivity index (χ1n) is 6.82. The molecule has 1 atom stereocenters. The number of nitrogens with one attached hydrogen (secondary N) is 1. The van der Waals surface area contributed by atoms with Crippen LogP contribution in [0.4, 0.5) is 0 Å². The van der Waals surface area contributed by atoms with Crippen molar-refractivity contribution in [2.24, 2.45) is 0 Å². The molecule has 0 radical (unpaired) electrons. The van der Waals surface area contributed by atoms with Gasteiger partial charge in [0.25, 0.3) is 0 Å². The fourth-order valence-electron chi connectivity index (χ4n) is 1.78. The Morgan fingerprint density at radius 3 is 2.65 bits per heavy atom. The molecule has 112 valence electrons. The number of carbonyl (C=O) groups is 1. The maximum atomic E-state index is 11.8. The zero-order valence-electron chi connectivity index (χ0n) is 12.3. The van der Waals surface area contributed by atoms with Crippen LogP contribution >= 0.6 is 0 Å². The van der Waals surface area contributed by atoms with Gasteiger partial charge in [0.15, 0.2) is 0 Å². The fraction of sp³-hybridized carbons (Fsp3) is 0.533. The van der Waals surface area contributed by atoms with Crippen molar-refractivity contribution < 1.29 is 19.4 Å². The maximum Gasteiger partial charge on any atom is 0.326 e. The lowest BCUT2D eigenvalue weighted by Gasteiger charge is -2.20. The molecule has 5 nitrogen and oxygen atoms in total. The molecule has 2 N–H and O–H groups in total. The molecule has 0 heterocycles. The molecular weight excluding hydrogens is 258 g/mol. The molecule has 1 aromatic rings. The molecule has 0 aliphatic rings. The van der Waals surface area contributed by atoms with Crippen molar-refractivity contribution in [3.05, 3.63) is 29.8 Å². The predicted octanol–water partition coefficient (Wildman–Crippen LogP) is 1.49. The summed E-state index contributed by atoms with van der Waals surface area (Å²) in [6, 6.07) is 6.81. The highest BCUT2D eigenvalue weighted by molar-refractivity contribution is 5.76. The second kappa shape index (κ2) is 8.55. The van der Waals surface area contributed by atoms with E-state index in [2.05, 4.69) is 5.32 Å². The molecule has 0 aromatic heterocycles. The molecule has 0 fully saturated rings. The lowest BCUT2D eigenvalue weighted by Crippen LogP contribution is -2.45. The number of esters is 1. The van der Waals surface area contributed by atoms with Gasteiger partial charge in [-0.2, -0.15) is 0 Å². The van der Waals surface area contributed by atoms with E-state index in [-0.39, 0.29) is 25.2 Å². The summed E-state index contributed by atoms with van der Waals surface area (Å²) in [6.45, 7) is 6.07. The van der Waals surface area contributed by atoms with Gasteiger partial charge in [-0.3, -0.25) is 10.1 Å². The van der Waals surface area contributed by atoms with Crippen LogP contribution in [0.15, 0.2) is 24.3 Å². The minimum atomic E-state index is -0.526. The van der Waals surface area contributed by atoms with Crippen LogP contribution in [0.3, 0.4) is 0 Å². The zero-order valence-corrected chi connectivity index (χ0v) is 12.3. The van der Waals surface area contributed by atoms with E-state index in [4.69, 9.17) is 9.47 Å². The number of para-hydroxylation sites is 1. The first-order chi connectivity index (χ1) is 9.58. The van der Waals surface area contributed by atoms with Crippen molar-refractivity contribution in [1.82, 2.24) is 5.32 Å². The van der Waals surface area contributed by atoms with Crippen LogP contribution < -0.4 is 10.1 Å². The van der Waals surface area contributed by atoms with Crippen LogP contribution in [-0.2, 0) is 16.1 Å². The van der Waals surface area contributed by atoms with Gasteiger partial charge in [0.2, 0.25) is 0 Å². The topological polar surface area (TPSA) is 67.8 Å². The molecule has 0 aliphatic carbocycles.